The summed E-state index contributed by atoms with van der Waals surface area (Å²) in [5.74, 6) is 0.0286. The van der Waals surface area contributed by atoms with E-state index in [2.05, 4.69) is 0 Å². The second-order valence-corrected chi connectivity index (χ2v) is 5.92. The maximum absolute atomic E-state index is 12.4. The van der Waals surface area contributed by atoms with Crippen LogP contribution in [0.2, 0.25) is 0 Å². The molecule has 2 aromatic rings. The fourth-order valence-corrected chi connectivity index (χ4v) is 2.26. The first-order valence-electron chi connectivity index (χ1n) is 6.08. The molecule has 21 heavy (non-hydrogen) atoms. The van der Waals surface area contributed by atoms with Gasteiger partial charge in [-0.15, -0.1) is 0 Å². The quantitative estimate of drug-likeness (QED) is 0.626. The molecule has 2 rings (SSSR count). The van der Waals surface area contributed by atoms with Crippen molar-refractivity contribution < 1.29 is 22.1 Å². The van der Waals surface area contributed by atoms with Crippen LogP contribution in [0.25, 0.3) is 0 Å². The van der Waals surface area contributed by atoms with Crippen molar-refractivity contribution in [3.8, 4) is 11.5 Å². The van der Waals surface area contributed by atoms with Gasteiger partial charge in [0, 0.05) is 11.6 Å². The minimum absolute atomic E-state index is 0.0503. The molecule has 0 unspecified atom stereocenters. The fraction of sp³-hybridized carbons (Fsp3) is 0.133. The average molecular weight is 306 g/mol. The minimum atomic E-state index is -3.75. The summed E-state index contributed by atoms with van der Waals surface area (Å²) in [4.78, 5) is 12.4. The van der Waals surface area contributed by atoms with Crippen molar-refractivity contribution >= 4 is 15.9 Å². The zero-order valence-electron chi connectivity index (χ0n) is 11.6. The Morgan fingerprint density at radius 2 is 1.71 bits per heavy atom. The van der Waals surface area contributed by atoms with E-state index >= 15 is 0 Å². The summed E-state index contributed by atoms with van der Waals surface area (Å²) in [5, 5.41) is 0. The third-order valence-corrected chi connectivity index (χ3v) is 3.19. The molecule has 6 heteroatoms. The lowest BCUT2D eigenvalue weighted by atomic mass is 10.0. The molecule has 0 bridgehead atoms. The molecule has 0 atom stereocenters. The van der Waals surface area contributed by atoms with Gasteiger partial charge in [0.2, 0.25) is 0 Å². The Kier molecular flexibility index (Phi) is 4.28. The normalized spacial score (nSPS) is 11.0. The molecule has 0 saturated heterocycles. The van der Waals surface area contributed by atoms with Gasteiger partial charge in [0.25, 0.3) is 0 Å². The van der Waals surface area contributed by atoms with Gasteiger partial charge in [-0.2, -0.15) is 8.42 Å². The summed E-state index contributed by atoms with van der Waals surface area (Å²) in [6, 6.07) is 13.0. The molecule has 0 heterocycles. The number of methoxy groups -OCH3 is 1. The van der Waals surface area contributed by atoms with E-state index in [9.17, 15) is 13.2 Å². The van der Waals surface area contributed by atoms with Crippen LogP contribution in [0.3, 0.4) is 0 Å². The van der Waals surface area contributed by atoms with Gasteiger partial charge < -0.3 is 8.92 Å². The van der Waals surface area contributed by atoms with Crippen molar-refractivity contribution in [2.24, 2.45) is 0 Å². The Morgan fingerprint density at radius 3 is 2.29 bits per heavy atom. The lowest BCUT2D eigenvalue weighted by Crippen LogP contribution is -2.11. The van der Waals surface area contributed by atoms with Crippen LogP contribution in [0.15, 0.2) is 48.5 Å². The van der Waals surface area contributed by atoms with Crippen molar-refractivity contribution in [1.82, 2.24) is 0 Å². The second-order valence-electron chi connectivity index (χ2n) is 4.34. The van der Waals surface area contributed by atoms with Gasteiger partial charge in [-0.05, 0) is 12.1 Å². The maximum Gasteiger partial charge on any atom is 0.306 e. The SMILES string of the molecule is COc1ccc(C(=O)c2ccccc2)c(OS(C)(=O)=O)c1. The fourth-order valence-electron chi connectivity index (χ4n) is 1.79. The number of ether oxygens (including phenoxy) is 1. The Bertz CT molecular complexity index is 751. The van der Waals surface area contributed by atoms with Crippen molar-refractivity contribution in [2.75, 3.05) is 13.4 Å². The molecule has 5 nitrogen and oxygen atoms in total. The molecule has 0 aliphatic heterocycles. The van der Waals surface area contributed by atoms with E-state index in [-0.39, 0.29) is 17.1 Å². The first kappa shape index (κ1) is 15.1. The van der Waals surface area contributed by atoms with Crippen LogP contribution in [-0.4, -0.2) is 27.6 Å². The number of hydrogen-bond donors (Lipinski definition) is 0. The van der Waals surface area contributed by atoms with E-state index < -0.39 is 10.1 Å². The van der Waals surface area contributed by atoms with Gasteiger partial charge in [0.15, 0.2) is 11.5 Å². The Balaban J connectivity index is 2.50. The topological polar surface area (TPSA) is 69.7 Å². The average Bonchev–Trinajstić information content (AvgIpc) is 2.45. The van der Waals surface area contributed by atoms with Crippen LogP contribution >= 0.6 is 0 Å². The number of carbonyl (C=O) groups excluding carboxylic acids is 1. The van der Waals surface area contributed by atoms with Gasteiger partial charge in [-0.3, -0.25) is 4.79 Å². The van der Waals surface area contributed by atoms with Gasteiger partial charge in [-0.25, -0.2) is 0 Å². The van der Waals surface area contributed by atoms with Crippen LogP contribution < -0.4 is 8.92 Å². The van der Waals surface area contributed by atoms with Gasteiger partial charge in [-0.1, -0.05) is 30.3 Å². The number of carbonyl (C=O) groups is 1. The predicted molar refractivity (Wildman–Crippen MR) is 78.3 cm³/mol. The highest BCUT2D eigenvalue weighted by Gasteiger charge is 2.18. The molecule has 110 valence electrons. The molecule has 0 spiro atoms. The predicted octanol–water partition coefficient (Wildman–Crippen LogP) is 2.26. The first-order valence-corrected chi connectivity index (χ1v) is 7.89. The maximum atomic E-state index is 12.4. The number of ketones is 1. The van der Waals surface area contributed by atoms with Crippen molar-refractivity contribution in [2.45, 2.75) is 0 Å². The number of benzene rings is 2. The lowest BCUT2D eigenvalue weighted by molar-refractivity contribution is 0.103. The summed E-state index contributed by atoms with van der Waals surface area (Å²) in [6.07, 6.45) is 0.920. The molecular weight excluding hydrogens is 292 g/mol. The largest absolute Gasteiger partial charge is 0.497 e. The Morgan fingerprint density at radius 1 is 1.05 bits per heavy atom. The van der Waals surface area contributed by atoms with Crippen molar-refractivity contribution in [3.05, 3.63) is 59.7 Å². The highest BCUT2D eigenvalue weighted by atomic mass is 32.2. The second kappa shape index (κ2) is 5.97. The zero-order valence-corrected chi connectivity index (χ0v) is 12.4. The molecule has 0 saturated carbocycles. The van der Waals surface area contributed by atoms with E-state index in [4.69, 9.17) is 8.92 Å². The Labute approximate surface area is 123 Å². The molecule has 0 aliphatic carbocycles. The van der Waals surface area contributed by atoms with Crippen molar-refractivity contribution in [3.63, 3.8) is 0 Å². The minimum Gasteiger partial charge on any atom is -0.497 e. The lowest BCUT2D eigenvalue weighted by Gasteiger charge is -2.10. The van der Waals surface area contributed by atoms with E-state index in [1.54, 1.807) is 36.4 Å². The molecule has 0 aromatic heterocycles. The molecular formula is C15H14O5S. The highest BCUT2D eigenvalue weighted by molar-refractivity contribution is 7.86. The van der Waals surface area contributed by atoms with Crippen LogP contribution in [-0.2, 0) is 10.1 Å². The zero-order chi connectivity index (χ0) is 15.5. The summed E-state index contributed by atoms with van der Waals surface area (Å²) < 4.78 is 32.6. The van der Waals surface area contributed by atoms with Crippen molar-refractivity contribution in [1.29, 1.82) is 0 Å². The van der Waals surface area contributed by atoms with Crippen LogP contribution in [0.1, 0.15) is 15.9 Å². The monoisotopic (exact) mass is 306 g/mol. The van der Waals surface area contributed by atoms with E-state index in [0.29, 0.717) is 11.3 Å². The van der Waals surface area contributed by atoms with E-state index in [1.165, 1.54) is 19.2 Å². The standard InChI is InChI=1S/C15H14O5S/c1-19-12-8-9-13(14(10-12)20-21(2,17)18)15(16)11-6-4-3-5-7-11/h3-10H,1-2H3. The molecule has 0 N–H and O–H groups in total. The van der Waals surface area contributed by atoms with Crippen LogP contribution in [0.4, 0.5) is 0 Å². The molecule has 0 amide bonds. The summed E-state index contributed by atoms with van der Waals surface area (Å²) in [6.45, 7) is 0. The highest BCUT2D eigenvalue weighted by Crippen LogP contribution is 2.28. The summed E-state index contributed by atoms with van der Waals surface area (Å²) in [7, 11) is -2.31. The first-order chi connectivity index (χ1) is 9.90. The van der Waals surface area contributed by atoms with E-state index in [1.807, 2.05) is 0 Å². The number of rotatable bonds is 5. The molecule has 2 aromatic carbocycles. The van der Waals surface area contributed by atoms with Gasteiger partial charge in [0.05, 0.1) is 18.9 Å². The van der Waals surface area contributed by atoms with Gasteiger partial charge >= 0.3 is 10.1 Å². The van der Waals surface area contributed by atoms with Crippen LogP contribution in [0.5, 0.6) is 11.5 Å². The van der Waals surface area contributed by atoms with Gasteiger partial charge in [0.1, 0.15) is 5.75 Å². The number of hydrogen-bond acceptors (Lipinski definition) is 5. The molecule has 0 aliphatic rings. The van der Waals surface area contributed by atoms with E-state index in [0.717, 1.165) is 6.26 Å². The Hall–Kier alpha value is -2.34. The summed E-state index contributed by atoms with van der Waals surface area (Å²) in [5.41, 5.74) is 0.605. The van der Waals surface area contributed by atoms with Crippen LogP contribution in [0, 0.1) is 0 Å². The molecule has 0 fully saturated rings. The third kappa shape index (κ3) is 3.82. The molecule has 0 radical (unpaired) electrons. The summed E-state index contributed by atoms with van der Waals surface area (Å²) >= 11 is 0. The third-order valence-electron chi connectivity index (χ3n) is 2.71. The smallest absolute Gasteiger partial charge is 0.306 e.